The van der Waals surface area contributed by atoms with E-state index in [0.717, 1.165) is 19.3 Å². The highest BCUT2D eigenvalue weighted by Gasteiger charge is 2.52. The SMILES string of the molecule is CCCCCCC[C@@H]1[C@H](C)N1S(=O)(=O)OCC(Cl)(Cl)Cl. The zero-order chi connectivity index (χ0) is 15.4. The molecule has 0 radical (unpaired) electrons. The van der Waals surface area contributed by atoms with Gasteiger partial charge in [0, 0.05) is 12.1 Å². The Kier molecular flexibility index (Phi) is 7.36. The van der Waals surface area contributed by atoms with Gasteiger partial charge < -0.3 is 0 Å². The molecular formula is C12H22Cl3NO3S. The van der Waals surface area contributed by atoms with Crippen LogP contribution in [0.3, 0.4) is 0 Å². The monoisotopic (exact) mass is 365 g/mol. The summed E-state index contributed by atoms with van der Waals surface area (Å²) in [6.07, 6.45) is 6.67. The molecule has 1 aliphatic rings. The van der Waals surface area contributed by atoms with Crippen molar-refractivity contribution in [2.24, 2.45) is 0 Å². The second-order valence-corrected chi connectivity index (χ2v) is 9.20. The quantitative estimate of drug-likeness (QED) is 0.351. The summed E-state index contributed by atoms with van der Waals surface area (Å²) in [5.41, 5.74) is 0. The van der Waals surface area contributed by atoms with Crippen molar-refractivity contribution < 1.29 is 12.6 Å². The van der Waals surface area contributed by atoms with Gasteiger partial charge in [-0.1, -0.05) is 73.8 Å². The van der Waals surface area contributed by atoms with Crippen LogP contribution >= 0.6 is 34.8 Å². The maximum Gasteiger partial charge on any atom is 0.339 e. The summed E-state index contributed by atoms with van der Waals surface area (Å²) in [5.74, 6) is 0. The number of unbranched alkanes of at least 4 members (excludes halogenated alkanes) is 4. The second kappa shape index (κ2) is 7.84. The van der Waals surface area contributed by atoms with E-state index in [0.29, 0.717) is 0 Å². The maximum absolute atomic E-state index is 11.9. The van der Waals surface area contributed by atoms with Crippen LogP contribution in [0.2, 0.25) is 0 Å². The molecule has 0 N–H and O–H groups in total. The Labute approximate surface area is 137 Å². The number of hydrogen-bond acceptors (Lipinski definition) is 3. The summed E-state index contributed by atoms with van der Waals surface area (Å²) >= 11 is 16.5. The van der Waals surface area contributed by atoms with E-state index in [9.17, 15) is 8.42 Å². The zero-order valence-corrected chi connectivity index (χ0v) is 14.9. The molecule has 0 aromatic heterocycles. The molecular weight excluding hydrogens is 345 g/mol. The molecule has 0 saturated carbocycles. The largest absolute Gasteiger partial charge is 0.339 e. The van der Waals surface area contributed by atoms with Crippen LogP contribution in [0.5, 0.6) is 0 Å². The maximum atomic E-state index is 11.9. The third-order valence-electron chi connectivity index (χ3n) is 3.43. The molecule has 1 unspecified atom stereocenters. The molecule has 1 fully saturated rings. The molecule has 1 heterocycles. The van der Waals surface area contributed by atoms with Gasteiger partial charge in [0.25, 0.3) is 0 Å². The lowest BCUT2D eigenvalue weighted by atomic mass is 10.1. The van der Waals surface area contributed by atoms with Crippen molar-refractivity contribution in [1.29, 1.82) is 0 Å². The van der Waals surface area contributed by atoms with Crippen molar-refractivity contribution in [2.75, 3.05) is 6.61 Å². The average Bonchev–Trinajstić information content (AvgIpc) is 2.97. The first kappa shape index (κ1) is 18.8. The van der Waals surface area contributed by atoms with Gasteiger partial charge in [-0.25, -0.2) is 0 Å². The lowest BCUT2D eigenvalue weighted by Gasteiger charge is -2.12. The van der Waals surface area contributed by atoms with E-state index >= 15 is 0 Å². The van der Waals surface area contributed by atoms with Gasteiger partial charge in [-0.05, 0) is 13.3 Å². The Morgan fingerprint density at radius 2 is 1.75 bits per heavy atom. The summed E-state index contributed by atoms with van der Waals surface area (Å²) < 4.78 is 28.2. The predicted molar refractivity (Wildman–Crippen MR) is 83.6 cm³/mol. The first-order valence-electron chi connectivity index (χ1n) is 6.93. The number of alkyl halides is 3. The fraction of sp³-hybridized carbons (Fsp3) is 1.00. The molecule has 0 aliphatic carbocycles. The molecule has 1 rings (SSSR count). The first-order chi connectivity index (χ1) is 9.19. The minimum atomic E-state index is -3.79. The summed E-state index contributed by atoms with van der Waals surface area (Å²) in [4.78, 5) is 0. The molecule has 0 aromatic rings. The molecule has 1 aliphatic heterocycles. The van der Waals surface area contributed by atoms with E-state index in [4.69, 9.17) is 39.0 Å². The molecule has 8 heteroatoms. The number of halogens is 3. The molecule has 120 valence electrons. The highest BCUT2D eigenvalue weighted by molar-refractivity contribution is 7.84. The van der Waals surface area contributed by atoms with Crippen LogP contribution in [0.1, 0.15) is 52.4 Å². The van der Waals surface area contributed by atoms with E-state index < -0.39 is 20.7 Å². The van der Waals surface area contributed by atoms with Crippen molar-refractivity contribution in [3.8, 4) is 0 Å². The van der Waals surface area contributed by atoms with Gasteiger partial charge in [-0.3, -0.25) is 4.18 Å². The third kappa shape index (κ3) is 6.24. The van der Waals surface area contributed by atoms with Crippen LogP contribution in [0.25, 0.3) is 0 Å². The molecule has 0 spiro atoms. The Morgan fingerprint density at radius 3 is 2.30 bits per heavy atom. The Bertz CT molecular complexity index is 397. The van der Waals surface area contributed by atoms with Crippen LogP contribution in [0.15, 0.2) is 0 Å². The van der Waals surface area contributed by atoms with Crippen LogP contribution in [0, 0.1) is 0 Å². The summed E-state index contributed by atoms with van der Waals surface area (Å²) in [7, 11) is -3.79. The van der Waals surface area contributed by atoms with Crippen LogP contribution in [0.4, 0.5) is 0 Å². The summed E-state index contributed by atoms with van der Waals surface area (Å²) in [6, 6.07) is -0.00134. The molecule has 0 bridgehead atoms. The van der Waals surface area contributed by atoms with Gasteiger partial charge in [0.2, 0.25) is 3.79 Å². The smallest absolute Gasteiger partial charge is 0.253 e. The van der Waals surface area contributed by atoms with Gasteiger partial charge in [0.05, 0.1) is 0 Å². The summed E-state index contributed by atoms with van der Waals surface area (Å²) in [6.45, 7) is 3.57. The molecule has 0 aromatic carbocycles. The predicted octanol–water partition coefficient (Wildman–Crippen LogP) is 4.05. The van der Waals surface area contributed by atoms with E-state index in [1.807, 2.05) is 6.92 Å². The molecule has 4 nitrogen and oxygen atoms in total. The number of nitrogens with zero attached hydrogens (tertiary/aromatic N) is 1. The van der Waals surface area contributed by atoms with Crippen molar-refractivity contribution in [2.45, 2.75) is 68.2 Å². The van der Waals surface area contributed by atoms with E-state index in [-0.39, 0.29) is 12.1 Å². The Hall–Kier alpha value is 0.740. The molecule has 3 atom stereocenters. The molecule has 20 heavy (non-hydrogen) atoms. The highest BCUT2D eigenvalue weighted by atomic mass is 35.6. The lowest BCUT2D eigenvalue weighted by molar-refractivity contribution is 0.302. The standard InChI is InChI=1S/C12H22Cl3NO3S/c1-3-4-5-6-7-8-11-10(2)16(11)20(17,18)19-9-12(13,14)15/h10-11H,3-9H2,1-2H3/t10-,11+,16?/m0/s1. The number of rotatable bonds is 9. The first-order valence-corrected chi connectivity index (χ1v) is 9.43. The van der Waals surface area contributed by atoms with Crippen molar-refractivity contribution in [3.05, 3.63) is 0 Å². The number of hydrogen-bond donors (Lipinski definition) is 0. The van der Waals surface area contributed by atoms with Gasteiger partial charge in [-0.15, -0.1) is 0 Å². The zero-order valence-electron chi connectivity index (χ0n) is 11.8. The second-order valence-electron chi connectivity index (χ2n) is 5.18. The minimum absolute atomic E-state index is 0.0250. The van der Waals surface area contributed by atoms with Gasteiger partial charge in [0.1, 0.15) is 6.61 Å². The Morgan fingerprint density at radius 1 is 1.15 bits per heavy atom. The topological polar surface area (TPSA) is 46.4 Å². The van der Waals surface area contributed by atoms with Crippen LogP contribution in [-0.4, -0.2) is 35.2 Å². The fourth-order valence-corrected chi connectivity index (χ4v) is 4.19. The highest BCUT2D eigenvalue weighted by Crippen LogP contribution is 2.37. The van der Waals surface area contributed by atoms with Crippen LogP contribution < -0.4 is 0 Å². The van der Waals surface area contributed by atoms with E-state index in [2.05, 4.69) is 6.92 Å². The average molecular weight is 367 g/mol. The Balaban J connectivity index is 2.33. The summed E-state index contributed by atoms with van der Waals surface area (Å²) in [5, 5.41) is 0. The van der Waals surface area contributed by atoms with Crippen molar-refractivity contribution in [1.82, 2.24) is 4.31 Å². The normalized spacial score (nSPS) is 26.8. The van der Waals surface area contributed by atoms with Gasteiger partial charge >= 0.3 is 10.3 Å². The van der Waals surface area contributed by atoms with Crippen molar-refractivity contribution in [3.63, 3.8) is 0 Å². The minimum Gasteiger partial charge on any atom is -0.253 e. The van der Waals surface area contributed by atoms with Crippen molar-refractivity contribution >= 4 is 45.1 Å². The molecule has 0 amide bonds. The van der Waals surface area contributed by atoms with E-state index in [1.165, 1.54) is 23.6 Å². The third-order valence-corrected chi connectivity index (χ3v) is 5.29. The van der Waals surface area contributed by atoms with Crippen LogP contribution in [-0.2, 0) is 14.5 Å². The molecule has 1 saturated heterocycles. The van der Waals surface area contributed by atoms with Gasteiger partial charge in [0.15, 0.2) is 0 Å². The van der Waals surface area contributed by atoms with E-state index in [1.54, 1.807) is 0 Å². The fourth-order valence-electron chi connectivity index (χ4n) is 2.28. The van der Waals surface area contributed by atoms with Gasteiger partial charge in [-0.2, -0.15) is 12.7 Å². The lowest BCUT2D eigenvalue weighted by Crippen LogP contribution is -2.24.